The number of benzene rings is 4. The number of aliphatic hydroxyl groups is 1. The van der Waals surface area contributed by atoms with Crippen LogP contribution >= 0.6 is 85.3 Å². The molecule has 34 heteroatoms. The normalized spacial score (nSPS) is 15.3. The number of pyridine rings is 5. The number of aromatic amines is 3. The summed E-state index contributed by atoms with van der Waals surface area (Å²) in [6.07, 6.45) is 14.2. The van der Waals surface area contributed by atoms with E-state index in [0.29, 0.717) is 107 Å². The van der Waals surface area contributed by atoms with Crippen LogP contribution in [0.1, 0.15) is 76.5 Å². The monoisotopic (exact) mass is 1720 g/mol. The van der Waals surface area contributed by atoms with Gasteiger partial charge in [-0.3, -0.25) is 9.36 Å². The Kier molecular flexibility index (Phi) is 29.4. The van der Waals surface area contributed by atoms with Crippen molar-refractivity contribution in [2.24, 2.45) is 11.8 Å². The van der Waals surface area contributed by atoms with Gasteiger partial charge in [0.1, 0.15) is 28.2 Å². The molecule has 12 aromatic rings. The molecule has 0 aliphatic carbocycles. The van der Waals surface area contributed by atoms with Crippen molar-refractivity contribution in [1.29, 1.82) is 0 Å². The number of rotatable bonds is 16. The summed E-state index contributed by atoms with van der Waals surface area (Å²) in [5, 5.41) is 14.5. The number of sulfone groups is 3. The maximum atomic E-state index is 13.5. The van der Waals surface area contributed by atoms with Crippen LogP contribution in [0.4, 0.5) is 0 Å². The molecular weight excluding hydrogens is 1640 g/mol. The zero-order chi connectivity index (χ0) is 78.3. The van der Waals surface area contributed by atoms with E-state index in [1.165, 1.54) is 19.0 Å². The van der Waals surface area contributed by atoms with Crippen LogP contribution < -0.4 is 45.2 Å². The van der Waals surface area contributed by atoms with Gasteiger partial charge in [0.05, 0.1) is 78.5 Å². The van der Waals surface area contributed by atoms with Gasteiger partial charge in [0.15, 0.2) is 40.9 Å². The van der Waals surface area contributed by atoms with Crippen LogP contribution in [-0.4, -0.2) is 157 Å². The SMILES string of the molecule is CCS(=O)(=O)c1cccc(-c2cn(Cc3ccc(OC)cc3)c(=O)c3[nH]c4ncc(Cl)cc4c23)c1.CCS(=O)(=O)c1cccc(-c2cnc(Cl)c3[nH]c4ncc(Cl)cc4c23)c1.CCS(=O)(=O)c1cccc(C2=CNC(OCC3CCN(C)CC3)c3[nH]c4ncc(Cl)cc4c32)c1.CN1CCC(CO)CC1.O=P(Cl)(Cl)Cl.[H-].[Na+]. The Labute approximate surface area is 695 Å². The fraction of sp³-hybridized carbons (Fsp3) is 0.303. The van der Waals surface area contributed by atoms with E-state index in [9.17, 15) is 34.6 Å². The minimum absolute atomic E-state index is 0. The summed E-state index contributed by atoms with van der Waals surface area (Å²) >= 11 is 38.8. The van der Waals surface area contributed by atoms with E-state index in [1.807, 2.05) is 54.7 Å². The first kappa shape index (κ1) is 86.3. The molecule has 5 N–H and O–H groups in total. The molecule has 15 rings (SSSR count). The van der Waals surface area contributed by atoms with Crippen LogP contribution in [-0.2, 0) is 45.4 Å². The number of H-pyrrole nitrogens is 3. The molecule has 2 fully saturated rings. The Morgan fingerprint density at radius 3 is 1.52 bits per heavy atom. The number of fused-ring (bicyclic) bond motifs is 9. The summed E-state index contributed by atoms with van der Waals surface area (Å²) in [5.74, 6) is 1.93. The van der Waals surface area contributed by atoms with Crippen molar-refractivity contribution in [3.05, 3.63) is 205 Å². The van der Waals surface area contributed by atoms with E-state index < -0.39 is 34.7 Å². The Balaban J connectivity index is 0.000000175. The number of aromatic nitrogens is 8. The molecule has 578 valence electrons. The molecule has 1 unspecified atom stereocenters. The number of piperidine rings is 2. The van der Waals surface area contributed by atoms with Crippen molar-refractivity contribution in [3.63, 3.8) is 0 Å². The number of nitrogens with zero attached hydrogens (tertiary/aromatic N) is 7. The fourth-order valence-electron chi connectivity index (χ4n) is 13.1. The first-order valence-corrected chi connectivity index (χ1v) is 45.6. The molecule has 0 amide bonds. The van der Waals surface area contributed by atoms with E-state index in [0.717, 1.165) is 100 Å². The van der Waals surface area contributed by atoms with E-state index in [1.54, 1.807) is 124 Å². The maximum absolute atomic E-state index is 13.5. The largest absolute Gasteiger partial charge is 1.00 e. The van der Waals surface area contributed by atoms with Gasteiger partial charge < -0.3 is 50.6 Å². The molecule has 11 heterocycles. The molecule has 0 radical (unpaired) electrons. The van der Waals surface area contributed by atoms with Gasteiger partial charge in [-0.1, -0.05) is 116 Å². The number of hydrogen-bond donors (Lipinski definition) is 5. The first-order chi connectivity index (χ1) is 51.9. The van der Waals surface area contributed by atoms with Crippen molar-refractivity contribution in [3.8, 4) is 28.0 Å². The number of hydrogen-bond acceptors (Lipinski definition) is 18. The van der Waals surface area contributed by atoms with Crippen LogP contribution in [0, 0.1) is 11.8 Å². The zero-order valence-corrected chi connectivity index (χ0v) is 71.7. The van der Waals surface area contributed by atoms with E-state index >= 15 is 0 Å². The Bertz CT molecular complexity index is 5840. The van der Waals surface area contributed by atoms with Crippen LogP contribution in [0.15, 0.2) is 172 Å². The minimum atomic E-state index is -3.41. The second-order valence-electron chi connectivity index (χ2n) is 26.4. The van der Waals surface area contributed by atoms with Gasteiger partial charge in [0.2, 0.25) is 0 Å². The zero-order valence-electron chi connectivity index (χ0n) is 62.0. The average molecular weight is 1720 g/mol. The maximum Gasteiger partial charge on any atom is 1.00 e. The summed E-state index contributed by atoms with van der Waals surface area (Å²) in [6.45, 7) is 10.8. The molecule has 110 heavy (non-hydrogen) atoms. The molecule has 2 saturated heterocycles. The molecular formula is C76H80Cl7N11NaO11PS3. The van der Waals surface area contributed by atoms with Gasteiger partial charge in [-0.2, -0.15) is 0 Å². The topological polar surface area (TPSA) is 298 Å². The van der Waals surface area contributed by atoms with Crippen molar-refractivity contribution in [1.82, 2.24) is 54.6 Å². The standard InChI is InChI=1S/C26H22ClN3O4S.C25H29ClN4O3S.C18H13Cl2N3O2S.C7H15NO.Cl3OP.Na.H/c1-3-35(32,33)20-6-4-5-17(11-20)22-15-30(14-16-7-9-19(34-2)10-8-16)26(31)24-23(22)21-12-18(27)13-28-25(21)29-24;1-3-34(31,32)19-6-4-5-17(11-19)21-14-28-25(33-15-16-7-9-30(2)10-8-16)23-22(21)20-12-18(26)13-27-24(20)29-23;1-2-26(24,25)12-5-3-4-10(6-12)14-9-21-17(20)16-15(14)13-7-11(19)8-22-18(13)23-16;1-8-4-2-7(6-9)3-5-8;1-5(2,3)4;;/h4-13,15H,3,14H2,1-2H3,(H,28,29);4-6,11-14,16,25,28H,3,7-10,15H2,1-2H3,(H,27,29);3-9H,2H2,1H3,(H,22,23);7,9H,2-6H2,1H3;;;/q;;;;;+1;-1. The van der Waals surface area contributed by atoms with Crippen molar-refractivity contribution >= 4 is 175 Å². The average Bonchev–Trinajstić information content (AvgIpc) is 1.62. The van der Waals surface area contributed by atoms with Crippen LogP contribution in [0.25, 0.3) is 82.7 Å². The molecule has 1 atom stereocenters. The molecule has 0 bridgehead atoms. The summed E-state index contributed by atoms with van der Waals surface area (Å²) < 4.78 is 97.3. The van der Waals surface area contributed by atoms with E-state index in [4.69, 9.17) is 61.0 Å². The first-order valence-electron chi connectivity index (χ1n) is 34.8. The number of methoxy groups -OCH3 is 1. The Morgan fingerprint density at radius 1 is 0.582 bits per heavy atom. The minimum Gasteiger partial charge on any atom is -1.00 e. The number of aliphatic hydroxyl groups excluding tert-OH is 1. The van der Waals surface area contributed by atoms with Crippen LogP contribution in [0.2, 0.25) is 20.2 Å². The number of likely N-dealkylation sites (tertiary alicyclic amines) is 2. The van der Waals surface area contributed by atoms with Gasteiger partial charge in [0, 0.05) is 93.0 Å². The molecule has 3 aliphatic heterocycles. The third-order valence-corrected chi connectivity index (χ3v) is 25.3. The third-order valence-electron chi connectivity index (χ3n) is 19.2. The fourth-order valence-corrected chi connectivity index (χ4v) is 16.6. The van der Waals surface area contributed by atoms with Crippen LogP contribution in [0.5, 0.6) is 5.75 Å². The summed E-state index contributed by atoms with van der Waals surface area (Å²) in [7, 11) is -4.17. The summed E-state index contributed by atoms with van der Waals surface area (Å²) in [5.41, 5.74) is 9.95. The van der Waals surface area contributed by atoms with Gasteiger partial charge in [-0.15, -0.1) is 0 Å². The number of nitrogens with one attached hydrogen (secondary N) is 4. The molecule has 22 nitrogen and oxygen atoms in total. The van der Waals surface area contributed by atoms with Crippen molar-refractivity contribution in [2.45, 2.75) is 73.9 Å². The van der Waals surface area contributed by atoms with Crippen LogP contribution in [0.3, 0.4) is 0 Å². The second kappa shape index (κ2) is 37.4. The van der Waals surface area contributed by atoms with Crippen molar-refractivity contribution in [2.75, 3.05) is 77.9 Å². The molecule has 0 saturated carbocycles. The van der Waals surface area contributed by atoms with Gasteiger partial charge in [-0.25, -0.2) is 45.2 Å². The summed E-state index contributed by atoms with van der Waals surface area (Å²) in [4.78, 5) is 46.1. The quantitative estimate of drug-likeness (QED) is 0.0341. The number of halogens is 7. The number of ether oxygens (including phenoxy) is 2. The Morgan fingerprint density at radius 2 is 1.03 bits per heavy atom. The molecule has 3 aliphatic rings. The molecule has 0 spiro atoms. The Hall–Kier alpha value is -6.14. The second-order valence-corrected chi connectivity index (χ2v) is 41.5. The van der Waals surface area contributed by atoms with Crippen molar-refractivity contribution < 1.29 is 75.4 Å². The molecule has 4 aromatic carbocycles. The third kappa shape index (κ3) is 20.9. The predicted octanol–water partition coefficient (Wildman–Crippen LogP) is 14.5. The van der Waals surface area contributed by atoms with Gasteiger partial charge in [0.25, 0.3) is 5.56 Å². The van der Waals surface area contributed by atoms with E-state index in [2.05, 4.69) is 97.8 Å². The smallest absolute Gasteiger partial charge is 1.00 e. The molecule has 8 aromatic heterocycles. The van der Waals surface area contributed by atoms with Gasteiger partial charge in [-0.05, 0) is 200 Å². The summed E-state index contributed by atoms with van der Waals surface area (Å²) in [6, 6.07) is 33.6. The van der Waals surface area contributed by atoms with E-state index in [-0.39, 0.29) is 69.8 Å². The van der Waals surface area contributed by atoms with Gasteiger partial charge >= 0.3 is 34.8 Å². The predicted molar refractivity (Wildman–Crippen MR) is 441 cm³/mol.